The molecule has 0 radical (unpaired) electrons. The van der Waals surface area contributed by atoms with Crippen molar-refractivity contribution in [2.45, 2.75) is 59.5 Å². The molecule has 0 bridgehead atoms. The molecular formula is C17H33IN6O. The first-order chi connectivity index (χ1) is 11.0. The van der Waals surface area contributed by atoms with E-state index in [-0.39, 0.29) is 48.0 Å². The minimum absolute atomic E-state index is 0. The molecule has 1 aromatic rings. The molecule has 3 N–H and O–H groups in total. The van der Waals surface area contributed by atoms with Crippen LogP contribution in [0.5, 0.6) is 0 Å². The zero-order valence-electron chi connectivity index (χ0n) is 16.6. The highest BCUT2D eigenvalue weighted by Gasteiger charge is 2.16. The molecule has 0 spiro atoms. The third-order valence-electron chi connectivity index (χ3n) is 3.71. The molecule has 1 unspecified atom stereocenters. The van der Waals surface area contributed by atoms with E-state index in [2.05, 4.69) is 39.9 Å². The molecule has 8 heteroatoms. The van der Waals surface area contributed by atoms with Crippen LogP contribution in [0.3, 0.4) is 0 Å². The van der Waals surface area contributed by atoms with Gasteiger partial charge in [-0.15, -0.1) is 24.0 Å². The summed E-state index contributed by atoms with van der Waals surface area (Å²) in [6.07, 6.45) is 0.848. The predicted octanol–water partition coefficient (Wildman–Crippen LogP) is 1.67. The summed E-state index contributed by atoms with van der Waals surface area (Å²) in [5.41, 5.74) is 3.24. The highest BCUT2D eigenvalue weighted by Crippen LogP contribution is 2.14. The Bertz CT molecular complexity index is 603. The molecule has 0 saturated carbocycles. The Morgan fingerprint density at radius 3 is 2.36 bits per heavy atom. The maximum absolute atomic E-state index is 11.9. The average molecular weight is 464 g/mol. The van der Waals surface area contributed by atoms with Crippen molar-refractivity contribution in [3.8, 4) is 0 Å². The van der Waals surface area contributed by atoms with E-state index in [0.29, 0.717) is 5.96 Å². The van der Waals surface area contributed by atoms with Crippen LogP contribution in [0.2, 0.25) is 0 Å². The first-order valence-electron chi connectivity index (χ1n) is 8.30. The van der Waals surface area contributed by atoms with Crippen molar-refractivity contribution in [3.05, 3.63) is 17.0 Å². The van der Waals surface area contributed by atoms with Gasteiger partial charge < -0.3 is 16.0 Å². The van der Waals surface area contributed by atoms with Crippen LogP contribution in [-0.4, -0.2) is 46.8 Å². The Morgan fingerprint density at radius 2 is 1.92 bits per heavy atom. The number of hydrogen-bond donors (Lipinski definition) is 3. The van der Waals surface area contributed by atoms with Gasteiger partial charge in [-0.25, -0.2) is 0 Å². The van der Waals surface area contributed by atoms with Crippen molar-refractivity contribution in [2.24, 2.45) is 12.0 Å². The van der Waals surface area contributed by atoms with Gasteiger partial charge in [-0.1, -0.05) is 0 Å². The molecule has 0 aliphatic carbocycles. The SMILES string of the molecule is CN=C(NCC(=O)NC(C)(C)C)NC(C)Cc1c(C)nn(C)c1C.I. The van der Waals surface area contributed by atoms with Gasteiger partial charge in [0.1, 0.15) is 0 Å². The smallest absolute Gasteiger partial charge is 0.239 e. The van der Waals surface area contributed by atoms with E-state index >= 15 is 0 Å². The summed E-state index contributed by atoms with van der Waals surface area (Å²) in [5.74, 6) is 0.558. The number of halogens is 1. The van der Waals surface area contributed by atoms with Gasteiger partial charge in [0.2, 0.25) is 5.91 Å². The van der Waals surface area contributed by atoms with Gasteiger partial charge in [-0.3, -0.25) is 14.5 Å². The van der Waals surface area contributed by atoms with Crippen LogP contribution in [0, 0.1) is 13.8 Å². The minimum atomic E-state index is -0.238. The Kier molecular flexibility index (Phi) is 9.45. The fourth-order valence-electron chi connectivity index (χ4n) is 2.52. The quantitative estimate of drug-likeness (QED) is 0.352. The molecule has 1 aromatic heterocycles. The van der Waals surface area contributed by atoms with Crippen molar-refractivity contribution in [3.63, 3.8) is 0 Å². The van der Waals surface area contributed by atoms with Crippen LogP contribution >= 0.6 is 24.0 Å². The van der Waals surface area contributed by atoms with E-state index in [9.17, 15) is 4.79 Å². The number of hydrogen-bond acceptors (Lipinski definition) is 3. The Balaban J connectivity index is 0.00000576. The van der Waals surface area contributed by atoms with Crippen LogP contribution in [-0.2, 0) is 18.3 Å². The molecule has 1 heterocycles. The van der Waals surface area contributed by atoms with Crippen molar-refractivity contribution in [2.75, 3.05) is 13.6 Å². The molecule has 7 nitrogen and oxygen atoms in total. The lowest BCUT2D eigenvalue weighted by Gasteiger charge is -2.22. The Hall–Kier alpha value is -1.32. The molecule has 0 saturated heterocycles. The van der Waals surface area contributed by atoms with Crippen molar-refractivity contribution in [1.29, 1.82) is 0 Å². The van der Waals surface area contributed by atoms with Gasteiger partial charge in [-0.2, -0.15) is 5.10 Å². The number of guanidine groups is 1. The van der Waals surface area contributed by atoms with Crippen LogP contribution in [0.25, 0.3) is 0 Å². The van der Waals surface area contributed by atoms with Gasteiger partial charge in [0.15, 0.2) is 5.96 Å². The molecule has 144 valence electrons. The number of rotatable bonds is 5. The standard InChI is InChI=1S/C17H32N6O.HI/c1-11(9-14-12(2)22-23(8)13(14)3)20-16(18-7)19-10-15(24)21-17(4,5)6;/h11H,9-10H2,1-8H3,(H,21,24)(H2,18,19,20);1H. The number of nitrogens with zero attached hydrogens (tertiary/aromatic N) is 3. The molecular weight excluding hydrogens is 431 g/mol. The molecule has 0 aromatic carbocycles. The summed E-state index contributed by atoms with van der Waals surface area (Å²) in [5, 5.41) is 13.7. The number of aromatic nitrogens is 2. The van der Waals surface area contributed by atoms with E-state index < -0.39 is 0 Å². The van der Waals surface area contributed by atoms with Gasteiger partial charge in [0.25, 0.3) is 0 Å². The third-order valence-corrected chi connectivity index (χ3v) is 3.71. The summed E-state index contributed by atoms with van der Waals surface area (Å²) in [7, 11) is 3.66. The molecule has 0 aliphatic heterocycles. The second-order valence-corrected chi connectivity index (χ2v) is 7.25. The predicted molar refractivity (Wildman–Crippen MR) is 114 cm³/mol. The van der Waals surface area contributed by atoms with Crippen LogP contribution < -0.4 is 16.0 Å². The van der Waals surface area contributed by atoms with E-state index in [0.717, 1.165) is 12.1 Å². The zero-order chi connectivity index (χ0) is 18.5. The van der Waals surface area contributed by atoms with E-state index in [1.54, 1.807) is 7.05 Å². The van der Waals surface area contributed by atoms with Crippen LogP contribution in [0.4, 0.5) is 0 Å². The van der Waals surface area contributed by atoms with Crippen LogP contribution in [0.1, 0.15) is 44.6 Å². The van der Waals surface area contributed by atoms with Gasteiger partial charge in [0, 0.05) is 31.4 Å². The fraction of sp³-hybridized carbons (Fsp3) is 0.706. The lowest BCUT2D eigenvalue weighted by atomic mass is 10.1. The summed E-state index contributed by atoms with van der Waals surface area (Å²) < 4.78 is 1.90. The number of aliphatic imine (C=N–C) groups is 1. The average Bonchev–Trinajstić information content (AvgIpc) is 2.68. The number of amides is 1. The van der Waals surface area contributed by atoms with E-state index in [1.165, 1.54) is 11.3 Å². The van der Waals surface area contributed by atoms with Crippen LogP contribution in [0.15, 0.2) is 4.99 Å². The summed E-state index contributed by atoms with van der Waals surface area (Å²) in [6.45, 7) is 12.3. The number of carbonyl (C=O) groups excluding carboxylic acids is 1. The maximum atomic E-state index is 11.9. The molecule has 0 fully saturated rings. The monoisotopic (exact) mass is 464 g/mol. The third kappa shape index (κ3) is 8.06. The first kappa shape index (κ1) is 23.7. The number of aryl methyl sites for hydroxylation is 2. The largest absolute Gasteiger partial charge is 0.354 e. The van der Waals surface area contributed by atoms with Crippen molar-refractivity contribution in [1.82, 2.24) is 25.7 Å². The molecule has 1 amide bonds. The number of carbonyl (C=O) groups is 1. The summed E-state index contributed by atoms with van der Waals surface area (Å²) >= 11 is 0. The first-order valence-corrected chi connectivity index (χ1v) is 8.30. The van der Waals surface area contributed by atoms with Crippen molar-refractivity contribution < 1.29 is 4.79 Å². The summed E-state index contributed by atoms with van der Waals surface area (Å²) in [6, 6.07) is 0.170. The van der Waals surface area contributed by atoms with Gasteiger partial charge >= 0.3 is 0 Å². The van der Waals surface area contributed by atoms with Crippen molar-refractivity contribution >= 4 is 35.8 Å². The highest BCUT2D eigenvalue weighted by atomic mass is 127. The molecule has 1 atom stereocenters. The van der Waals surface area contributed by atoms with Gasteiger partial charge in [0.05, 0.1) is 12.2 Å². The maximum Gasteiger partial charge on any atom is 0.239 e. The lowest BCUT2D eigenvalue weighted by Crippen LogP contribution is -2.49. The lowest BCUT2D eigenvalue weighted by molar-refractivity contribution is -0.121. The second kappa shape index (κ2) is 9.98. The Labute approximate surface area is 168 Å². The van der Waals surface area contributed by atoms with E-state index in [1.807, 2.05) is 39.4 Å². The van der Waals surface area contributed by atoms with E-state index in [4.69, 9.17) is 0 Å². The molecule has 1 rings (SSSR count). The summed E-state index contributed by atoms with van der Waals surface area (Å²) in [4.78, 5) is 16.1. The minimum Gasteiger partial charge on any atom is -0.354 e. The second-order valence-electron chi connectivity index (χ2n) is 7.25. The normalized spacial score (nSPS) is 13.0. The fourth-order valence-corrected chi connectivity index (χ4v) is 2.52. The topological polar surface area (TPSA) is 83.3 Å². The highest BCUT2D eigenvalue weighted by molar-refractivity contribution is 14.0. The molecule has 25 heavy (non-hydrogen) atoms. The Morgan fingerprint density at radius 1 is 1.32 bits per heavy atom. The number of nitrogens with one attached hydrogen (secondary N) is 3. The zero-order valence-corrected chi connectivity index (χ0v) is 19.0. The van der Waals surface area contributed by atoms with Gasteiger partial charge in [-0.05, 0) is 53.5 Å². The molecule has 0 aliphatic rings.